The number of carbonyl (C=O) groups is 1. The fourth-order valence-electron chi connectivity index (χ4n) is 4.79. The highest BCUT2D eigenvalue weighted by Gasteiger charge is 2.46. The molecule has 0 radical (unpaired) electrons. The number of aromatic nitrogens is 3. The third-order valence-electron chi connectivity index (χ3n) is 6.75. The molecule has 1 fully saturated rings. The maximum atomic E-state index is 13.6. The van der Waals surface area contributed by atoms with E-state index in [2.05, 4.69) is 10.1 Å². The van der Waals surface area contributed by atoms with Crippen LogP contribution in [0.2, 0.25) is 5.02 Å². The maximum absolute atomic E-state index is 13.6. The van der Waals surface area contributed by atoms with Gasteiger partial charge in [-0.3, -0.25) is 4.79 Å². The molecule has 10 heteroatoms. The maximum Gasteiger partial charge on any atom is 0.393 e. The lowest BCUT2D eigenvalue weighted by molar-refractivity contribution is -0.152. The second-order valence-electron chi connectivity index (χ2n) is 9.24. The van der Waals surface area contributed by atoms with E-state index < -0.39 is 24.0 Å². The van der Waals surface area contributed by atoms with Gasteiger partial charge in [0.05, 0.1) is 17.5 Å². The second-order valence-corrected chi connectivity index (χ2v) is 9.68. The minimum atomic E-state index is -4.46. The molecule has 1 aromatic carbocycles. The highest BCUT2D eigenvalue weighted by Crippen LogP contribution is 2.41. The minimum absolute atomic E-state index is 0.00991. The van der Waals surface area contributed by atoms with Crippen LogP contribution in [-0.2, 0) is 11.2 Å². The van der Waals surface area contributed by atoms with Gasteiger partial charge in [-0.2, -0.15) is 22.8 Å². The molecule has 6 nitrogen and oxygen atoms in total. The highest BCUT2D eigenvalue weighted by molar-refractivity contribution is 6.30. The Hall–Kier alpha value is -2.81. The van der Waals surface area contributed by atoms with Gasteiger partial charge in [0.25, 0.3) is 0 Å². The van der Waals surface area contributed by atoms with Gasteiger partial charge in [0, 0.05) is 41.0 Å². The van der Waals surface area contributed by atoms with Crippen LogP contribution in [0.1, 0.15) is 37.9 Å². The first-order chi connectivity index (χ1) is 15.9. The lowest BCUT2D eigenvalue weighted by Crippen LogP contribution is -2.51. The summed E-state index contributed by atoms with van der Waals surface area (Å²) in [6.45, 7) is 5.76. The summed E-state index contributed by atoms with van der Waals surface area (Å²) in [6.07, 6.45) is -4.62. The van der Waals surface area contributed by atoms with Crippen molar-refractivity contribution in [1.29, 1.82) is 0 Å². The average Bonchev–Trinajstić information content (AvgIpc) is 3.16. The van der Waals surface area contributed by atoms with Crippen molar-refractivity contribution in [3.63, 3.8) is 0 Å². The van der Waals surface area contributed by atoms with E-state index in [-0.39, 0.29) is 29.5 Å². The van der Waals surface area contributed by atoms with Crippen molar-refractivity contribution in [2.24, 2.45) is 11.3 Å². The Labute approximate surface area is 200 Å². The number of hydrogen-bond donors (Lipinski definition) is 1. The van der Waals surface area contributed by atoms with E-state index in [4.69, 9.17) is 11.6 Å². The van der Waals surface area contributed by atoms with Gasteiger partial charge < -0.3 is 10.0 Å². The summed E-state index contributed by atoms with van der Waals surface area (Å²) in [5, 5.41) is 15.2. The van der Waals surface area contributed by atoms with E-state index in [1.807, 2.05) is 13.8 Å². The Kier molecular flexibility index (Phi) is 6.27. The number of carboxylic acid groups (broad SMARTS) is 1. The number of fused-ring (bicyclic) bond motifs is 1. The van der Waals surface area contributed by atoms with E-state index in [0.29, 0.717) is 35.8 Å². The van der Waals surface area contributed by atoms with Gasteiger partial charge in [-0.1, -0.05) is 37.6 Å². The fraction of sp³-hybridized carbons (Fsp3) is 0.458. The number of hydrogen-bond acceptors (Lipinski definition) is 4. The van der Waals surface area contributed by atoms with Crippen LogP contribution in [0.5, 0.6) is 0 Å². The third-order valence-corrected chi connectivity index (χ3v) is 7.00. The quantitative estimate of drug-likeness (QED) is 0.486. The van der Waals surface area contributed by atoms with Crippen LogP contribution in [0.25, 0.3) is 16.9 Å². The van der Waals surface area contributed by atoms with Gasteiger partial charge in [-0.05, 0) is 37.8 Å². The molecule has 0 aliphatic carbocycles. The summed E-state index contributed by atoms with van der Waals surface area (Å²) in [4.78, 5) is 18.5. The molecule has 0 amide bonds. The molecule has 1 N–H and O–H groups in total. The molecule has 1 unspecified atom stereocenters. The second kappa shape index (κ2) is 8.76. The van der Waals surface area contributed by atoms with Crippen molar-refractivity contribution in [3.05, 3.63) is 46.6 Å². The zero-order valence-electron chi connectivity index (χ0n) is 19.2. The number of alkyl halides is 3. The van der Waals surface area contributed by atoms with Crippen molar-refractivity contribution in [3.8, 4) is 11.3 Å². The summed E-state index contributed by atoms with van der Waals surface area (Å²) in [6, 6.07) is 8.70. The van der Waals surface area contributed by atoms with Crippen molar-refractivity contribution >= 4 is 29.0 Å². The average molecular weight is 495 g/mol. The largest absolute Gasteiger partial charge is 0.481 e. The summed E-state index contributed by atoms with van der Waals surface area (Å²) in [5.41, 5.74) is 0.883. The topological polar surface area (TPSA) is 70.7 Å². The number of nitrogens with zero attached hydrogens (tertiary/aromatic N) is 4. The molecule has 1 saturated heterocycles. The van der Waals surface area contributed by atoms with E-state index in [0.717, 1.165) is 5.56 Å². The molecular formula is C24H26ClF3N4O2. The zero-order chi connectivity index (χ0) is 24.8. The fourth-order valence-corrected chi connectivity index (χ4v) is 4.91. The lowest BCUT2D eigenvalue weighted by atomic mass is 9.71. The molecule has 0 saturated carbocycles. The van der Waals surface area contributed by atoms with Crippen LogP contribution in [0.3, 0.4) is 0 Å². The zero-order valence-corrected chi connectivity index (χ0v) is 19.9. The van der Waals surface area contributed by atoms with Crippen molar-refractivity contribution in [1.82, 2.24) is 14.6 Å². The van der Waals surface area contributed by atoms with Crippen LogP contribution >= 0.6 is 11.6 Å². The Bertz CT molecular complexity index is 1220. The Morgan fingerprint density at radius 1 is 1.26 bits per heavy atom. The number of anilines is 1. The molecule has 3 aromatic rings. The first-order valence-corrected chi connectivity index (χ1v) is 11.5. The number of piperidine rings is 1. The Balaban J connectivity index is 1.92. The molecule has 1 aliphatic heterocycles. The lowest BCUT2D eigenvalue weighted by Gasteiger charge is -2.44. The molecular weight excluding hydrogens is 469 g/mol. The van der Waals surface area contributed by atoms with Crippen LogP contribution in [0.15, 0.2) is 30.3 Å². The van der Waals surface area contributed by atoms with Crippen molar-refractivity contribution < 1.29 is 23.1 Å². The van der Waals surface area contributed by atoms with Crippen LogP contribution < -0.4 is 4.90 Å². The Morgan fingerprint density at radius 3 is 2.53 bits per heavy atom. The van der Waals surface area contributed by atoms with Gasteiger partial charge in [0.15, 0.2) is 5.65 Å². The van der Waals surface area contributed by atoms with Crippen LogP contribution in [0.4, 0.5) is 19.0 Å². The highest BCUT2D eigenvalue weighted by atomic mass is 35.5. The Morgan fingerprint density at radius 2 is 1.94 bits per heavy atom. The minimum Gasteiger partial charge on any atom is -0.481 e. The van der Waals surface area contributed by atoms with Gasteiger partial charge in [-0.25, -0.2) is 4.98 Å². The number of rotatable bonds is 5. The molecule has 0 bridgehead atoms. The van der Waals surface area contributed by atoms with E-state index in [1.165, 1.54) is 4.52 Å². The number of aliphatic carboxylic acids is 1. The summed E-state index contributed by atoms with van der Waals surface area (Å²) in [5.74, 6) is -0.875. The molecule has 3 heterocycles. The molecule has 182 valence electrons. The standard InChI is InChI=1S/C24H26ClF3N4O2/c1-14(2)23(22(33)34)9-4-10-31(13-23)21-18(12-24(26,27)28)15(3)29-20-11-19(30-32(20)21)16-5-7-17(25)8-6-16/h5-8,11,14H,4,9-10,12-13H2,1-3H3,(H,33,34). The monoisotopic (exact) mass is 494 g/mol. The number of halogens is 4. The molecule has 2 aromatic heterocycles. The van der Waals surface area contributed by atoms with Gasteiger partial charge in [0.1, 0.15) is 5.82 Å². The van der Waals surface area contributed by atoms with Crippen molar-refractivity contribution in [2.75, 3.05) is 18.0 Å². The van der Waals surface area contributed by atoms with Gasteiger partial charge in [-0.15, -0.1) is 0 Å². The molecule has 34 heavy (non-hydrogen) atoms. The van der Waals surface area contributed by atoms with Crippen LogP contribution in [0, 0.1) is 18.3 Å². The molecule has 4 rings (SSSR count). The first kappa shape index (κ1) is 24.3. The molecule has 1 aliphatic rings. The normalized spacial score (nSPS) is 19.2. The summed E-state index contributed by atoms with van der Waals surface area (Å²) >= 11 is 5.99. The van der Waals surface area contributed by atoms with E-state index in [9.17, 15) is 23.1 Å². The van der Waals surface area contributed by atoms with Crippen LogP contribution in [-0.4, -0.2) is 44.9 Å². The number of carboxylic acids is 1. The molecule has 1 atom stereocenters. The SMILES string of the molecule is Cc1nc2cc(-c3ccc(Cl)cc3)nn2c(N2CCCC(C(=O)O)(C(C)C)C2)c1CC(F)(F)F. The number of benzene rings is 1. The molecule has 0 spiro atoms. The predicted octanol–water partition coefficient (Wildman–Crippen LogP) is 5.79. The van der Waals surface area contributed by atoms with E-state index in [1.54, 1.807) is 42.2 Å². The number of aryl methyl sites for hydroxylation is 1. The van der Waals surface area contributed by atoms with Crippen molar-refractivity contribution in [2.45, 2.75) is 46.2 Å². The van der Waals surface area contributed by atoms with Gasteiger partial charge in [0.2, 0.25) is 0 Å². The smallest absolute Gasteiger partial charge is 0.393 e. The summed E-state index contributed by atoms with van der Waals surface area (Å²) in [7, 11) is 0. The first-order valence-electron chi connectivity index (χ1n) is 11.1. The predicted molar refractivity (Wildman–Crippen MR) is 124 cm³/mol. The third kappa shape index (κ3) is 4.45. The van der Waals surface area contributed by atoms with E-state index >= 15 is 0 Å². The summed E-state index contributed by atoms with van der Waals surface area (Å²) < 4.78 is 42.2. The van der Waals surface area contributed by atoms with Gasteiger partial charge >= 0.3 is 12.1 Å².